The van der Waals surface area contributed by atoms with Crippen LogP contribution >= 0.6 is 0 Å². The van der Waals surface area contributed by atoms with Crippen molar-refractivity contribution in [3.8, 4) is 0 Å². The molecule has 0 N–H and O–H groups in total. The van der Waals surface area contributed by atoms with E-state index in [9.17, 15) is 9.59 Å². The molecule has 0 aliphatic carbocycles. The van der Waals surface area contributed by atoms with Gasteiger partial charge in [0.2, 0.25) is 0 Å². The van der Waals surface area contributed by atoms with Crippen LogP contribution < -0.4 is 5.56 Å². The van der Waals surface area contributed by atoms with Crippen molar-refractivity contribution in [2.45, 2.75) is 13.5 Å². The molecule has 1 heterocycles. The highest BCUT2D eigenvalue weighted by Gasteiger charge is 2.08. The summed E-state index contributed by atoms with van der Waals surface area (Å²) in [6.45, 7) is 2.45. The molecule has 1 aromatic heterocycles. The quantitative estimate of drug-likeness (QED) is 0.695. The van der Waals surface area contributed by atoms with Gasteiger partial charge in [-0.1, -0.05) is 24.3 Å². The van der Waals surface area contributed by atoms with Crippen molar-refractivity contribution in [1.82, 2.24) is 9.55 Å². The van der Waals surface area contributed by atoms with Gasteiger partial charge in [0.05, 0.1) is 35.9 Å². The second-order valence-electron chi connectivity index (χ2n) is 5.12. The van der Waals surface area contributed by atoms with Crippen LogP contribution in [0.1, 0.15) is 22.8 Å². The maximum absolute atomic E-state index is 12.5. The van der Waals surface area contributed by atoms with Crippen LogP contribution in [0.5, 0.6) is 0 Å². The molecule has 5 heteroatoms. The number of rotatable bonds is 4. The molecule has 0 atom stereocenters. The first kappa shape index (κ1) is 15.0. The molecule has 0 saturated carbocycles. The highest BCUT2D eigenvalue weighted by molar-refractivity contribution is 5.89. The normalized spacial score (nSPS) is 10.7. The number of hydrogen-bond donors (Lipinski definition) is 0. The van der Waals surface area contributed by atoms with E-state index in [1.165, 1.54) is 10.9 Å². The van der Waals surface area contributed by atoms with Crippen LogP contribution in [0, 0.1) is 0 Å². The zero-order chi connectivity index (χ0) is 16.2. The fourth-order valence-corrected chi connectivity index (χ4v) is 2.43. The molecule has 0 amide bonds. The summed E-state index contributed by atoms with van der Waals surface area (Å²) >= 11 is 0. The second-order valence-corrected chi connectivity index (χ2v) is 5.12. The van der Waals surface area contributed by atoms with E-state index in [1.54, 1.807) is 31.2 Å². The zero-order valence-corrected chi connectivity index (χ0v) is 12.7. The second kappa shape index (κ2) is 6.44. The Balaban J connectivity index is 1.93. The third-order valence-corrected chi connectivity index (χ3v) is 3.52. The van der Waals surface area contributed by atoms with Gasteiger partial charge in [-0.2, -0.15) is 0 Å². The first-order valence-electron chi connectivity index (χ1n) is 7.39. The van der Waals surface area contributed by atoms with Crippen LogP contribution in [0.2, 0.25) is 0 Å². The Morgan fingerprint density at radius 1 is 1.17 bits per heavy atom. The van der Waals surface area contributed by atoms with Gasteiger partial charge in [-0.05, 0) is 36.8 Å². The van der Waals surface area contributed by atoms with Crippen molar-refractivity contribution < 1.29 is 9.53 Å². The van der Waals surface area contributed by atoms with E-state index in [1.807, 2.05) is 24.3 Å². The lowest BCUT2D eigenvalue weighted by Crippen LogP contribution is -2.21. The number of esters is 1. The molecule has 0 aliphatic rings. The van der Waals surface area contributed by atoms with Gasteiger partial charge in [0, 0.05) is 0 Å². The molecule has 116 valence electrons. The topological polar surface area (TPSA) is 61.2 Å². The Kier molecular flexibility index (Phi) is 4.19. The smallest absolute Gasteiger partial charge is 0.338 e. The number of benzene rings is 2. The molecule has 0 aliphatic heterocycles. The van der Waals surface area contributed by atoms with Gasteiger partial charge in [-0.15, -0.1) is 0 Å². The summed E-state index contributed by atoms with van der Waals surface area (Å²) in [7, 11) is 0. The number of fused-ring (bicyclic) bond motifs is 1. The van der Waals surface area contributed by atoms with E-state index >= 15 is 0 Å². The predicted molar refractivity (Wildman–Crippen MR) is 87.5 cm³/mol. The van der Waals surface area contributed by atoms with Crippen molar-refractivity contribution in [2.75, 3.05) is 6.61 Å². The van der Waals surface area contributed by atoms with Gasteiger partial charge < -0.3 is 4.74 Å². The maximum Gasteiger partial charge on any atom is 0.338 e. The van der Waals surface area contributed by atoms with E-state index in [2.05, 4.69) is 4.98 Å². The van der Waals surface area contributed by atoms with Gasteiger partial charge >= 0.3 is 5.97 Å². The number of carbonyl (C=O) groups is 1. The van der Waals surface area contributed by atoms with Crippen molar-refractivity contribution in [3.63, 3.8) is 0 Å². The van der Waals surface area contributed by atoms with Gasteiger partial charge in [0.1, 0.15) is 0 Å². The average Bonchev–Trinajstić information content (AvgIpc) is 2.58. The Labute approximate surface area is 133 Å². The van der Waals surface area contributed by atoms with E-state index in [4.69, 9.17) is 4.74 Å². The van der Waals surface area contributed by atoms with Crippen LogP contribution in [0.15, 0.2) is 59.7 Å². The minimum absolute atomic E-state index is 0.0999. The van der Waals surface area contributed by atoms with E-state index in [0.29, 0.717) is 29.6 Å². The van der Waals surface area contributed by atoms with Crippen LogP contribution in [0.3, 0.4) is 0 Å². The van der Waals surface area contributed by atoms with Crippen molar-refractivity contribution in [3.05, 3.63) is 76.3 Å². The lowest BCUT2D eigenvalue weighted by atomic mass is 10.1. The lowest BCUT2D eigenvalue weighted by Gasteiger charge is -2.08. The molecule has 0 spiro atoms. The van der Waals surface area contributed by atoms with Gasteiger partial charge in [-0.3, -0.25) is 9.36 Å². The van der Waals surface area contributed by atoms with Crippen molar-refractivity contribution in [1.29, 1.82) is 0 Å². The molecule has 0 saturated heterocycles. The molecular weight excluding hydrogens is 292 g/mol. The molecular formula is C18H16N2O3. The minimum Gasteiger partial charge on any atom is -0.462 e. The number of hydrogen-bond acceptors (Lipinski definition) is 4. The molecule has 23 heavy (non-hydrogen) atoms. The third kappa shape index (κ3) is 3.13. The van der Waals surface area contributed by atoms with E-state index in [-0.39, 0.29) is 11.5 Å². The highest BCUT2D eigenvalue weighted by Crippen LogP contribution is 2.10. The highest BCUT2D eigenvalue weighted by atomic mass is 16.5. The summed E-state index contributed by atoms with van der Waals surface area (Å²) in [5.41, 5.74) is 1.90. The van der Waals surface area contributed by atoms with Crippen LogP contribution in [0.25, 0.3) is 10.9 Å². The Hall–Kier alpha value is -2.95. The van der Waals surface area contributed by atoms with E-state index < -0.39 is 0 Å². The summed E-state index contributed by atoms with van der Waals surface area (Å²) in [5.74, 6) is -0.363. The van der Waals surface area contributed by atoms with Gasteiger partial charge in [0.15, 0.2) is 0 Å². The fourth-order valence-electron chi connectivity index (χ4n) is 2.43. The monoisotopic (exact) mass is 308 g/mol. The molecule has 0 fully saturated rings. The van der Waals surface area contributed by atoms with E-state index in [0.717, 1.165) is 5.56 Å². The molecule has 5 nitrogen and oxygen atoms in total. The number of aromatic nitrogens is 2. The predicted octanol–water partition coefficient (Wildman–Crippen LogP) is 2.62. The molecule has 0 bridgehead atoms. The SMILES string of the molecule is CCOC(=O)c1cccc(Cn2cnc3ccccc3c2=O)c1. The first-order valence-corrected chi connectivity index (χ1v) is 7.39. The number of carbonyl (C=O) groups excluding carboxylic acids is 1. The first-order chi connectivity index (χ1) is 11.2. The Bertz CT molecular complexity index is 915. The van der Waals surface area contributed by atoms with Crippen molar-refractivity contribution >= 4 is 16.9 Å². The van der Waals surface area contributed by atoms with Gasteiger partial charge in [-0.25, -0.2) is 9.78 Å². The minimum atomic E-state index is -0.363. The number of ether oxygens (including phenoxy) is 1. The molecule has 0 radical (unpaired) electrons. The molecule has 3 aromatic rings. The van der Waals surface area contributed by atoms with Crippen LogP contribution in [-0.2, 0) is 11.3 Å². The number of para-hydroxylation sites is 1. The maximum atomic E-state index is 12.5. The number of nitrogens with zero attached hydrogens (tertiary/aromatic N) is 2. The standard InChI is InChI=1S/C18H16N2O3/c1-2-23-18(22)14-7-5-6-13(10-14)11-20-12-19-16-9-4-3-8-15(16)17(20)21/h3-10,12H,2,11H2,1H3. The summed E-state index contributed by atoms with van der Waals surface area (Å²) in [6, 6.07) is 14.3. The summed E-state index contributed by atoms with van der Waals surface area (Å²) in [4.78, 5) is 28.6. The fraction of sp³-hybridized carbons (Fsp3) is 0.167. The Morgan fingerprint density at radius 3 is 2.83 bits per heavy atom. The van der Waals surface area contributed by atoms with Crippen molar-refractivity contribution in [2.24, 2.45) is 0 Å². The summed E-state index contributed by atoms with van der Waals surface area (Å²) in [5, 5.41) is 0.580. The summed E-state index contributed by atoms with van der Waals surface area (Å²) in [6.07, 6.45) is 1.53. The molecule has 2 aromatic carbocycles. The van der Waals surface area contributed by atoms with Crippen LogP contribution in [-0.4, -0.2) is 22.1 Å². The zero-order valence-electron chi connectivity index (χ0n) is 12.7. The Morgan fingerprint density at radius 2 is 2.00 bits per heavy atom. The summed E-state index contributed by atoms with van der Waals surface area (Å²) < 4.78 is 6.53. The average molecular weight is 308 g/mol. The van der Waals surface area contributed by atoms with Gasteiger partial charge in [0.25, 0.3) is 5.56 Å². The third-order valence-electron chi connectivity index (χ3n) is 3.52. The molecule has 0 unspecified atom stereocenters. The van der Waals surface area contributed by atoms with Crippen LogP contribution in [0.4, 0.5) is 0 Å². The molecule has 3 rings (SSSR count). The largest absolute Gasteiger partial charge is 0.462 e. The lowest BCUT2D eigenvalue weighted by molar-refractivity contribution is 0.0526.